The van der Waals surface area contributed by atoms with E-state index in [0.29, 0.717) is 0 Å². The summed E-state index contributed by atoms with van der Waals surface area (Å²) in [6.45, 7) is 10.2. The number of aliphatic imine (C=N–C) groups is 1. The number of nitrogens with zero attached hydrogens (tertiary/aromatic N) is 2. The SMILES string of the molecule is CN=C(NCCc1nc(C)c(C)s1)NCC(C)(C)c1ccc(OC)cc1.I. The van der Waals surface area contributed by atoms with Crippen LogP contribution in [0.5, 0.6) is 5.75 Å². The maximum atomic E-state index is 5.24. The number of aryl methyl sites for hydroxylation is 2. The molecule has 0 aliphatic rings. The van der Waals surface area contributed by atoms with Crippen molar-refractivity contribution in [2.24, 2.45) is 4.99 Å². The third kappa shape index (κ3) is 6.95. The Labute approximate surface area is 184 Å². The Morgan fingerprint density at radius 3 is 2.37 bits per heavy atom. The van der Waals surface area contributed by atoms with Gasteiger partial charge in [0, 0.05) is 36.9 Å². The molecule has 1 heterocycles. The van der Waals surface area contributed by atoms with Gasteiger partial charge in [-0.3, -0.25) is 4.99 Å². The second-order valence-electron chi connectivity index (χ2n) is 6.96. The highest BCUT2D eigenvalue weighted by atomic mass is 127. The van der Waals surface area contributed by atoms with E-state index in [1.807, 2.05) is 12.1 Å². The summed E-state index contributed by atoms with van der Waals surface area (Å²) in [5.41, 5.74) is 2.37. The van der Waals surface area contributed by atoms with Gasteiger partial charge in [-0.25, -0.2) is 4.98 Å². The van der Waals surface area contributed by atoms with Crippen LogP contribution in [-0.4, -0.2) is 38.2 Å². The van der Waals surface area contributed by atoms with Crippen LogP contribution in [0.3, 0.4) is 0 Å². The normalized spacial score (nSPS) is 11.7. The lowest BCUT2D eigenvalue weighted by Crippen LogP contribution is -2.44. The van der Waals surface area contributed by atoms with Crippen LogP contribution in [0, 0.1) is 13.8 Å². The number of rotatable bonds is 7. The highest BCUT2D eigenvalue weighted by Crippen LogP contribution is 2.24. The second-order valence-corrected chi connectivity index (χ2v) is 8.25. The Bertz CT molecular complexity index is 721. The van der Waals surface area contributed by atoms with Crippen molar-refractivity contribution in [3.05, 3.63) is 45.4 Å². The number of halogens is 1. The lowest BCUT2D eigenvalue weighted by Gasteiger charge is -2.27. The Balaban J connectivity index is 0.00000364. The molecule has 2 N–H and O–H groups in total. The number of benzene rings is 1. The number of aromatic nitrogens is 1. The third-order valence-electron chi connectivity index (χ3n) is 4.50. The first-order valence-corrected chi connectivity index (χ1v) is 9.69. The van der Waals surface area contributed by atoms with Crippen molar-refractivity contribution >= 4 is 41.3 Å². The van der Waals surface area contributed by atoms with E-state index < -0.39 is 0 Å². The zero-order valence-corrected chi connectivity index (χ0v) is 20.2. The van der Waals surface area contributed by atoms with Gasteiger partial charge in [-0.2, -0.15) is 0 Å². The summed E-state index contributed by atoms with van der Waals surface area (Å²) in [6, 6.07) is 8.23. The van der Waals surface area contributed by atoms with Crippen molar-refractivity contribution in [1.29, 1.82) is 0 Å². The molecule has 0 spiro atoms. The molecule has 1 aromatic carbocycles. The number of methoxy groups -OCH3 is 1. The lowest BCUT2D eigenvalue weighted by molar-refractivity contribution is 0.414. The highest BCUT2D eigenvalue weighted by molar-refractivity contribution is 14.0. The van der Waals surface area contributed by atoms with Crippen LogP contribution in [0.15, 0.2) is 29.3 Å². The van der Waals surface area contributed by atoms with Crippen LogP contribution in [-0.2, 0) is 11.8 Å². The van der Waals surface area contributed by atoms with E-state index in [1.54, 1.807) is 25.5 Å². The van der Waals surface area contributed by atoms with Gasteiger partial charge in [-0.15, -0.1) is 35.3 Å². The molecule has 150 valence electrons. The fraction of sp³-hybridized carbons (Fsp3) is 0.500. The number of hydrogen-bond acceptors (Lipinski definition) is 4. The molecule has 2 rings (SSSR count). The Hall–Kier alpha value is -1.35. The summed E-state index contributed by atoms with van der Waals surface area (Å²) < 4.78 is 5.24. The van der Waals surface area contributed by atoms with Gasteiger partial charge in [0.15, 0.2) is 5.96 Å². The first-order chi connectivity index (χ1) is 12.4. The Kier molecular flexibility index (Phi) is 9.52. The minimum atomic E-state index is -0.0204. The van der Waals surface area contributed by atoms with Crippen molar-refractivity contribution in [2.45, 2.75) is 39.5 Å². The molecule has 0 atom stereocenters. The summed E-state index contributed by atoms with van der Waals surface area (Å²) >= 11 is 1.77. The maximum absolute atomic E-state index is 5.24. The summed E-state index contributed by atoms with van der Waals surface area (Å²) in [5, 5.41) is 7.97. The summed E-state index contributed by atoms with van der Waals surface area (Å²) in [7, 11) is 3.49. The molecular formula is C20H31IN4OS. The molecule has 0 saturated carbocycles. The molecule has 0 fully saturated rings. The van der Waals surface area contributed by atoms with Crippen molar-refractivity contribution < 1.29 is 4.74 Å². The summed E-state index contributed by atoms with van der Waals surface area (Å²) in [6.07, 6.45) is 0.905. The maximum Gasteiger partial charge on any atom is 0.191 e. The Morgan fingerprint density at radius 2 is 1.85 bits per heavy atom. The zero-order valence-electron chi connectivity index (χ0n) is 17.0. The number of ether oxygens (including phenoxy) is 1. The van der Waals surface area contributed by atoms with Crippen LogP contribution in [0.1, 0.15) is 35.0 Å². The second kappa shape index (κ2) is 10.8. The van der Waals surface area contributed by atoms with E-state index in [1.165, 1.54) is 15.4 Å². The van der Waals surface area contributed by atoms with Crippen molar-refractivity contribution in [1.82, 2.24) is 15.6 Å². The smallest absolute Gasteiger partial charge is 0.191 e. The van der Waals surface area contributed by atoms with Gasteiger partial charge in [-0.1, -0.05) is 26.0 Å². The fourth-order valence-electron chi connectivity index (χ4n) is 2.60. The van der Waals surface area contributed by atoms with E-state index in [4.69, 9.17) is 4.74 Å². The topological polar surface area (TPSA) is 58.5 Å². The largest absolute Gasteiger partial charge is 0.497 e. The summed E-state index contributed by atoms with van der Waals surface area (Å²) in [5.74, 6) is 1.69. The standard InChI is InChI=1S/C20H30N4OS.HI/c1-14-15(2)26-18(24-14)11-12-22-19(21-5)23-13-20(3,4)16-7-9-17(25-6)10-8-16;/h7-10H,11-13H2,1-6H3,(H2,21,22,23);1H. The van der Waals surface area contributed by atoms with Gasteiger partial charge in [-0.05, 0) is 31.5 Å². The van der Waals surface area contributed by atoms with E-state index in [-0.39, 0.29) is 29.4 Å². The van der Waals surface area contributed by atoms with E-state index in [0.717, 1.165) is 36.9 Å². The number of nitrogens with one attached hydrogen (secondary N) is 2. The predicted molar refractivity (Wildman–Crippen MR) is 126 cm³/mol. The molecule has 0 radical (unpaired) electrons. The first-order valence-electron chi connectivity index (χ1n) is 8.87. The number of thiazole rings is 1. The number of guanidine groups is 1. The molecule has 1 aromatic heterocycles. The molecule has 27 heavy (non-hydrogen) atoms. The molecule has 2 aromatic rings. The molecular weight excluding hydrogens is 471 g/mol. The molecule has 0 unspecified atom stereocenters. The molecule has 0 saturated heterocycles. The molecule has 0 bridgehead atoms. The molecule has 0 aliphatic heterocycles. The van der Waals surface area contributed by atoms with Crippen LogP contribution >= 0.6 is 35.3 Å². The van der Waals surface area contributed by atoms with Crippen LogP contribution in [0.2, 0.25) is 0 Å². The van der Waals surface area contributed by atoms with Crippen molar-refractivity contribution in [3.63, 3.8) is 0 Å². The number of hydrogen-bond donors (Lipinski definition) is 2. The van der Waals surface area contributed by atoms with Gasteiger partial charge in [0.1, 0.15) is 5.75 Å². The van der Waals surface area contributed by atoms with Gasteiger partial charge in [0.25, 0.3) is 0 Å². The predicted octanol–water partition coefficient (Wildman–Crippen LogP) is 4.07. The highest BCUT2D eigenvalue weighted by Gasteiger charge is 2.21. The molecule has 5 nitrogen and oxygen atoms in total. The van der Waals surface area contributed by atoms with Gasteiger partial charge in [0.05, 0.1) is 17.8 Å². The van der Waals surface area contributed by atoms with E-state index in [9.17, 15) is 0 Å². The monoisotopic (exact) mass is 502 g/mol. The van der Waals surface area contributed by atoms with Crippen LogP contribution in [0.4, 0.5) is 0 Å². The van der Waals surface area contributed by atoms with Crippen LogP contribution in [0.25, 0.3) is 0 Å². The van der Waals surface area contributed by atoms with E-state index >= 15 is 0 Å². The Morgan fingerprint density at radius 1 is 1.19 bits per heavy atom. The van der Waals surface area contributed by atoms with Crippen molar-refractivity contribution in [3.8, 4) is 5.75 Å². The first kappa shape index (κ1) is 23.7. The minimum absolute atomic E-state index is 0. The lowest BCUT2D eigenvalue weighted by atomic mass is 9.84. The summed E-state index contributed by atoms with van der Waals surface area (Å²) in [4.78, 5) is 10.2. The quantitative estimate of drug-likeness (QED) is 0.341. The van der Waals surface area contributed by atoms with E-state index in [2.05, 4.69) is 60.4 Å². The third-order valence-corrected chi connectivity index (χ3v) is 5.63. The van der Waals surface area contributed by atoms with Crippen LogP contribution < -0.4 is 15.4 Å². The average Bonchev–Trinajstić information content (AvgIpc) is 2.95. The fourth-order valence-corrected chi connectivity index (χ4v) is 3.54. The van der Waals surface area contributed by atoms with Gasteiger partial charge < -0.3 is 15.4 Å². The van der Waals surface area contributed by atoms with Gasteiger partial charge in [0.2, 0.25) is 0 Å². The minimum Gasteiger partial charge on any atom is -0.497 e. The molecule has 7 heteroatoms. The zero-order chi connectivity index (χ0) is 19.2. The molecule has 0 aliphatic carbocycles. The van der Waals surface area contributed by atoms with Crippen molar-refractivity contribution in [2.75, 3.05) is 27.2 Å². The average molecular weight is 502 g/mol. The van der Waals surface area contributed by atoms with Gasteiger partial charge >= 0.3 is 0 Å². The molecule has 0 amide bonds.